The smallest absolute Gasteiger partial charge is 0.227 e. The molecule has 2 heterocycles. The predicted octanol–water partition coefficient (Wildman–Crippen LogP) is 0.130. The second kappa shape index (κ2) is 7.38. The number of rotatable bonds is 5. The summed E-state index contributed by atoms with van der Waals surface area (Å²) in [7, 11) is 2.18. The molecule has 0 aliphatic carbocycles. The van der Waals surface area contributed by atoms with Crippen molar-refractivity contribution in [1.82, 2.24) is 20.4 Å². The molecule has 5 nitrogen and oxygen atoms in total. The minimum absolute atomic E-state index is 0.202. The molecule has 0 aromatic carbocycles. The zero-order valence-electron chi connectivity index (χ0n) is 13.1. The van der Waals surface area contributed by atoms with E-state index in [0.717, 1.165) is 71.6 Å². The molecule has 0 radical (unpaired) electrons. The average Bonchev–Trinajstić information content (AvgIpc) is 2.46. The molecule has 0 bridgehead atoms. The van der Waals surface area contributed by atoms with E-state index in [0.29, 0.717) is 0 Å². The molecule has 2 fully saturated rings. The number of amides is 1. The molecule has 1 unspecified atom stereocenters. The van der Waals surface area contributed by atoms with E-state index in [2.05, 4.69) is 34.4 Å². The second-order valence-corrected chi connectivity index (χ2v) is 6.60. The number of carbonyl (C=O) groups excluding carboxylic acids is 1. The zero-order valence-corrected chi connectivity index (χ0v) is 13.1. The molecule has 0 spiro atoms. The van der Waals surface area contributed by atoms with Crippen LogP contribution in [0.3, 0.4) is 0 Å². The van der Waals surface area contributed by atoms with Crippen LogP contribution in [0, 0.1) is 5.41 Å². The summed E-state index contributed by atoms with van der Waals surface area (Å²) in [6.45, 7) is 10.5. The lowest BCUT2D eigenvalue weighted by molar-refractivity contribution is -0.131. The van der Waals surface area contributed by atoms with Gasteiger partial charge in [-0.2, -0.15) is 0 Å². The van der Waals surface area contributed by atoms with Gasteiger partial charge in [-0.1, -0.05) is 0 Å². The van der Waals surface area contributed by atoms with Gasteiger partial charge in [-0.3, -0.25) is 4.79 Å². The number of nitrogens with one attached hydrogen (secondary N) is 2. The van der Waals surface area contributed by atoms with Gasteiger partial charge in [0, 0.05) is 39.3 Å². The maximum absolute atomic E-state index is 12.2. The Balaban J connectivity index is 1.59. The molecule has 2 rings (SSSR count). The Morgan fingerprint density at radius 1 is 1.30 bits per heavy atom. The van der Waals surface area contributed by atoms with Crippen LogP contribution in [0.15, 0.2) is 0 Å². The zero-order chi connectivity index (χ0) is 14.4. The van der Waals surface area contributed by atoms with E-state index in [-0.39, 0.29) is 11.3 Å². The largest absolute Gasteiger partial charge is 0.356 e. The first-order valence-electron chi connectivity index (χ1n) is 8.00. The normalized spacial score (nSPS) is 29.3. The van der Waals surface area contributed by atoms with Crippen molar-refractivity contribution in [3.05, 3.63) is 0 Å². The Hall–Kier alpha value is -0.650. The number of piperazine rings is 1. The van der Waals surface area contributed by atoms with Crippen molar-refractivity contribution in [3.63, 3.8) is 0 Å². The van der Waals surface area contributed by atoms with Gasteiger partial charge in [0.15, 0.2) is 0 Å². The van der Waals surface area contributed by atoms with Crippen molar-refractivity contribution in [2.75, 3.05) is 59.4 Å². The Bertz CT molecular complexity index is 307. The molecule has 116 valence electrons. The van der Waals surface area contributed by atoms with E-state index >= 15 is 0 Å². The molecule has 2 aliphatic heterocycles. The summed E-state index contributed by atoms with van der Waals surface area (Å²) in [5.74, 6) is 0.225. The number of likely N-dealkylation sites (N-methyl/N-ethyl adjacent to an activating group) is 1. The lowest BCUT2D eigenvalue weighted by atomic mass is 9.82. The van der Waals surface area contributed by atoms with Crippen LogP contribution in [0.5, 0.6) is 0 Å². The van der Waals surface area contributed by atoms with Crippen molar-refractivity contribution >= 4 is 5.91 Å². The minimum atomic E-state index is -0.202. The molecule has 0 aromatic rings. The van der Waals surface area contributed by atoms with Crippen molar-refractivity contribution < 1.29 is 4.79 Å². The van der Waals surface area contributed by atoms with Crippen LogP contribution >= 0.6 is 0 Å². The van der Waals surface area contributed by atoms with Crippen molar-refractivity contribution in [3.8, 4) is 0 Å². The van der Waals surface area contributed by atoms with Gasteiger partial charge < -0.3 is 20.4 Å². The standard InChI is InChI=1S/C15H30N4O/c1-15(5-3-6-16-13-15)14(20)17-7-4-8-19-11-9-18(2)10-12-19/h16H,3-13H2,1-2H3,(H,17,20). The summed E-state index contributed by atoms with van der Waals surface area (Å²) in [6.07, 6.45) is 3.16. The lowest BCUT2D eigenvalue weighted by Gasteiger charge is -2.33. The maximum Gasteiger partial charge on any atom is 0.227 e. The van der Waals surface area contributed by atoms with E-state index in [1.54, 1.807) is 0 Å². The molecule has 2 N–H and O–H groups in total. The average molecular weight is 282 g/mol. The molecule has 1 atom stereocenters. The number of piperidine rings is 1. The fourth-order valence-electron chi connectivity index (χ4n) is 3.04. The van der Waals surface area contributed by atoms with Gasteiger partial charge in [0.1, 0.15) is 0 Å². The first kappa shape index (κ1) is 15.7. The monoisotopic (exact) mass is 282 g/mol. The van der Waals surface area contributed by atoms with Crippen LogP contribution in [-0.4, -0.2) is 75.1 Å². The third-order valence-electron chi connectivity index (χ3n) is 4.68. The van der Waals surface area contributed by atoms with Crippen LogP contribution < -0.4 is 10.6 Å². The Labute approximate surface area is 123 Å². The lowest BCUT2D eigenvalue weighted by Crippen LogP contribution is -2.49. The van der Waals surface area contributed by atoms with Crippen molar-refractivity contribution in [1.29, 1.82) is 0 Å². The van der Waals surface area contributed by atoms with Gasteiger partial charge in [-0.05, 0) is 46.3 Å². The Morgan fingerprint density at radius 3 is 2.70 bits per heavy atom. The molecule has 5 heteroatoms. The van der Waals surface area contributed by atoms with Crippen molar-refractivity contribution in [2.45, 2.75) is 26.2 Å². The third-order valence-corrected chi connectivity index (χ3v) is 4.68. The molecular weight excluding hydrogens is 252 g/mol. The number of hydrogen-bond donors (Lipinski definition) is 2. The summed E-state index contributed by atoms with van der Waals surface area (Å²) in [4.78, 5) is 17.1. The Morgan fingerprint density at radius 2 is 2.05 bits per heavy atom. The first-order valence-corrected chi connectivity index (χ1v) is 8.00. The van der Waals surface area contributed by atoms with Gasteiger partial charge in [0.05, 0.1) is 5.41 Å². The van der Waals surface area contributed by atoms with Crippen molar-refractivity contribution in [2.24, 2.45) is 5.41 Å². The number of nitrogens with zero attached hydrogens (tertiary/aromatic N) is 2. The summed E-state index contributed by atoms with van der Waals surface area (Å²) in [6, 6.07) is 0. The summed E-state index contributed by atoms with van der Waals surface area (Å²) < 4.78 is 0. The van der Waals surface area contributed by atoms with E-state index in [9.17, 15) is 4.79 Å². The summed E-state index contributed by atoms with van der Waals surface area (Å²) in [5, 5.41) is 6.45. The van der Waals surface area contributed by atoms with Crippen LogP contribution in [0.25, 0.3) is 0 Å². The molecule has 20 heavy (non-hydrogen) atoms. The topological polar surface area (TPSA) is 47.6 Å². The third kappa shape index (κ3) is 4.43. The van der Waals surface area contributed by atoms with Crippen LogP contribution in [-0.2, 0) is 4.79 Å². The fourth-order valence-corrected chi connectivity index (χ4v) is 3.04. The van der Waals surface area contributed by atoms with Crippen LogP contribution in [0.1, 0.15) is 26.2 Å². The first-order chi connectivity index (χ1) is 9.60. The molecule has 2 aliphatic rings. The van der Waals surface area contributed by atoms with E-state index < -0.39 is 0 Å². The SMILES string of the molecule is CN1CCN(CCCNC(=O)C2(C)CCCNC2)CC1. The fraction of sp³-hybridized carbons (Fsp3) is 0.933. The molecule has 0 aromatic heterocycles. The highest BCUT2D eigenvalue weighted by atomic mass is 16.2. The highest BCUT2D eigenvalue weighted by Gasteiger charge is 2.34. The van der Waals surface area contributed by atoms with Gasteiger partial charge in [-0.25, -0.2) is 0 Å². The highest BCUT2D eigenvalue weighted by Crippen LogP contribution is 2.25. The highest BCUT2D eigenvalue weighted by molar-refractivity contribution is 5.82. The van der Waals surface area contributed by atoms with Gasteiger partial charge in [0.25, 0.3) is 0 Å². The molecule has 1 amide bonds. The predicted molar refractivity (Wildman–Crippen MR) is 81.8 cm³/mol. The Kier molecular flexibility index (Phi) is 5.81. The van der Waals surface area contributed by atoms with Gasteiger partial charge in [-0.15, -0.1) is 0 Å². The molecule has 2 saturated heterocycles. The van der Waals surface area contributed by atoms with E-state index in [1.807, 2.05) is 0 Å². The maximum atomic E-state index is 12.2. The number of carbonyl (C=O) groups is 1. The quantitative estimate of drug-likeness (QED) is 0.704. The summed E-state index contributed by atoms with van der Waals surface area (Å²) in [5.41, 5.74) is -0.202. The van der Waals surface area contributed by atoms with Crippen LogP contribution in [0.2, 0.25) is 0 Å². The van der Waals surface area contributed by atoms with Gasteiger partial charge >= 0.3 is 0 Å². The minimum Gasteiger partial charge on any atom is -0.356 e. The number of hydrogen-bond acceptors (Lipinski definition) is 4. The van der Waals surface area contributed by atoms with Gasteiger partial charge in [0.2, 0.25) is 5.91 Å². The van der Waals surface area contributed by atoms with E-state index in [1.165, 1.54) is 0 Å². The summed E-state index contributed by atoms with van der Waals surface area (Å²) >= 11 is 0. The van der Waals surface area contributed by atoms with E-state index in [4.69, 9.17) is 0 Å². The molecular formula is C15H30N4O. The second-order valence-electron chi connectivity index (χ2n) is 6.60. The van der Waals surface area contributed by atoms with Crippen LogP contribution in [0.4, 0.5) is 0 Å². The molecule has 0 saturated carbocycles.